The highest BCUT2D eigenvalue weighted by Gasteiger charge is 2.43. The van der Waals surface area contributed by atoms with Crippen molar-refractivity contribution in [1.29, 1.82) is 0 Å². The van der Waals surface area contributed by atoms with Crippen LogP contribution in [-0.4, -0.2) is 64.2 Å². The van der Waals surface area contributed by atoms with E-state index in [-0.39, 0.29) is 37.8 Å². The van der Waals surface area contributed by atoms with E-state index in [0.717, 1.165) is 111 Å². The van der Waals surface area contributed by atoms with E-state index in [0.29, 0.717) is 6.61 Å². The predicted octanol–water partition coefficient (Wildman–Crippen LogP) is 15.5. The quantitative estimate of drug-likeness (QED) is 0.0684. The third-order valence-electron chi connectivity index (χ3n) is 13.4. The van der Waals surface area contributed by atoms with Crippen molar-refractivity contribution < 1.29 is 36.9 Å². The molecule has 390 valence electrons. The van der Waals surface area contributed by atoms with Gasteiger partial charge < -0.3 is 29.2 Å². The average Bonchev–Trinajstić information content (AvgIpc) is 3.44. The second kappa shape index (κ2) is 29.6. The maximum atomic E-state index is 13.5. The molecule has 2 aliphatic heterocycles. The third-order valence-corrected chi connectivity index (χ3v) is 13.4. The van der Waals surface area contributed by atoms with Crippen LogP contribution in [0.2, 0.25) is 0 Å². The third kappa shape index (κ3) is 17.1. The molecular formula is C64H73F3N2O5. The summed E-state index contributed by atoms with van der Waals surface area (Å²) in [4.78, 5) is 13.2. The van der Waals surface area contributed by atoms with Gasteiger partial charge in [-0.1, -0.05) is 171 Å². The van der Waals surface area contributed by atoms with Crippen molar-refractivity contribution in [3.8, 4) is 0 Å². The lowest BCUT2D eigenvalue weighted by atomic mass is 9.88. The Labute approximate surface area is 437 Å². The van der Waals surface area contributed by atoms with E-state index in [2.05, 4.69) is 116 Å². The molecular weight excluding hydrogens is 934 g/mol. The van der Waals surface area contributed by atoms with Gasteiger partial charge in [-0.25, -0.2) is 0 Å². The number of hydrogen-bond acceptors (Lipinski definition) is 6. The molecule has 0 bridgehead atoms. The highest BCUT2D eigenvalue weighted by Crippen LogP contribution is 2.34. The molecule has 0 spiro atoms. The standard InChI is InChI=1S/C33H36F3NO3.C31H37NO2/c1-2-26(24-25-12-5-3-6-13-25)31(27-14-7-4-8-15-27)28-17-19-29(20-18-28)37(32(38)33(34,35)36)21-11-23-40-30-16-9-10-22-39-30;1-2-26(24-25-12-5-3-6-13-25)31(27-14-7-4-8-15-27)28-17-19-29(20-18-28)32-21-11-23-34-30-16-9-10-22-33-30/h3-8,12-15,17-20,30H,2,9-11,16,21-24H2,1H3;3-8,12-15,17-20,30,32H,2,9-11,16,21-24H2,1H3. The van der Waals surface area contributed by atoms with Gasteiger partial charge in [0.1, 0.15) is 0 Å². The molecule has 1 amide bonds. The lowest BCUT2D eigenvalue weighted by molar-refractivity contribution is -0.171. The molecule has 74 heavy (non-hydrogen) atoms. The minimum absolute atomic E-state index is 0.000115. The summed E-state index contributed by atoms with van der Waals surface area (Å²) in [5, 5.41) is 3.53. The van der Waals surface area contributed by atoms with Gasteiger partial charge in [0.2, 0.25) is 0 Å². The van der Waals surface area contributed by atoms with Gasteiger partial charge in [-0.3, -0.25) is 4.79 Å². The van der Waals surface area contributed by atoms with E-state index in [9.17, 15) is 18.0 Å². The van der Waals surface area contributed by atoms with Crippen molar-refractivity contribution in [2.75, 3.05) is 49.7 Å². The van der Waals surface area contributed by atoms with Crippen LogP contribution in [0.5, 0.6) is 0 Å². The van der Waals surface area contributed by atoms with Crippen LogP contribution in [0.15, 0.2) is 181 Å². The van der Waals surface area contributed by atoms with Crippen LogP contribution in [0.4, 0.5) is 24.5 Å². The Bertz CT molecular complexity index is 2610. The number of amides is 1. The van der Waals surface area contributed by atoms with Crippen LogP contribution < -0.4 is 10.2 Å². The smallest absolute Gasteiger partial charge is 0.385 e. The van der Waals surface area contributed by atoms with Gasteiger partial charge in [0.15, 0.2) is 12.6 Å². The molecule has 2 aliphatic rings. The number of carbonyl (C=O) groups excluding carboxylic acids is 1. The molecule has 1 N–H and O–H groups in total. The highest BCUT2D eigenvalue weighted by atomic mass is 19.4. The summed E-state index contributed by atoms with van der Waals surface area (Å²) in [6.07, 6.45) is 5.61. The zero-order valence-electron chi connectivity index (χ0n) is 43.2. The van der Waals surface area contributed by atoms with E-state index in [1.54, 1.807) is 24.3 Å². The number of carbonyl (C=O) groups is 1. The molecule has 2 atom stereocenters. The van der Waals surface area contributed by atoms with Gasteiger partial charge in [-0.05, 0) is 146 Å². The second-order valence-corrected chi connectivity index (χ2v) is 18.8. The number of rotatable bonds is 22. The van der Waals surface area contributed by atoms with Gasteiger partial charge in [0.25, 0.3) is 0 Å². The summed E-state index contributed by atoms with van der Waals surface area (Å²) >= 11 is 0. The fourth-order valence-corrected chi connectivity index (χ4v) is 9.53. The lowest BCUT2D eigenvalue weighted by Gasteiger charge is -2.26. The molecule has 0 radical (unpaired) electrons. The molecule has 0 aromatic heterocycles. The SMILES string of the molecule is CCC(Cc1ccccc1)=C(c1ccccc1)c1ccc(N(CCCOC2CCCCO2)C(=O)C(F)(F)F)cc1.CCC(Cc1ccccc1)=C(c1ccccc1)c1ccc(NCCCOC2CCCCO2)cc1. The molecule has 10 heteroatoms. The largest absolute Gasteiger partial charge is 0.471 e. The number of benzene rings is 6. The number of hydrogen-bond donors (Lipinski definition) is 1. The zero-order chi connectivity index (χ0) is 51.8. The Kier molecular flexibility index (Phi) is 22.1. The van der Waals surface area contributed by atoms with E-state index < -0.39 is 12.1 Å². The number of nitrogens with one attached hydrogen (secondary N) is 1. The maximum Gasteiger partial charge on any atom is 0.471 e. The van der Waals surface area contributed by atoms with Gasteiger partial charge in [0.05, 0.1) is 13.2 Å². The van der Waals surface area contributed by atoms with Crippen molar-refractivity contribution >= 4 is 28.4 Å². The molecule has 0 aliphatic carbocycles. The van der Waals surface area contributed by atoms with Crippen LogP contribution in [0.25, 0.3) is 11.1 Å². The van der Waals surface area contributed by atoms with Crippen molar-refractivity contribution in [1.82, 2.24) is 0 Å². The first-order valence-corrected chi connectivity index (χ1v) is 26.6. The monoisotopic (exact) mass is 1010 g/mol. The number of alkyl halides is 3. The van der Waals surface area contributed by atoms with Crippen LogP contribution in [0, 0.1) is 0 Å². The van der Waals surface area contributed by atoms with E-state index >= 15 is 0 Å². The summed E-state index contributed by atoms with van der Waals surface area (Å²) < 4.78 is 63.2. The Morgan fingerprint density at radius 2 is 0.973 bits per heavy atom. The molecule has 2 heterocycles. The number of ether oxygens (including phenoxy) is 4. The van der Waals surface area contributed by atoms with Crippen molar-refractivity contribution in [3.05, 3.63) is 214 Å². The Hall–Kier alpha value is -6.30. The number of halogens is 3. The van der Waals surface area contributed by atoms with Gasteiger partial charge >= 0.3 is 12.1 Å². The summed E-state index contributed by atoms with van der Waals surface area (Å²) in [7, 11) is 0. The van der Waals surface area contributed by atoms with E-state index in [1.165, 1.54) is 45.4 Å². The molecule has 2 unspecified atom stereocenters. The molecule has 8 rings (SSSR count). The summed E-state index contributed by atoms with van der Waals surface area (Å²) in [5.41, 5.74) is 13.4. The van der Waals surface area contributed by atoms with Gasteiger partial charge in [-0.2, -0.15) is 13.2 Å². The lowest BCUT2D eigenvalue weighted by Crippen LogP contribution is -2.42. The van der Waals surface area contributed by atoms with Crippen molar-refractivity contribution in [2.24, 2.45) is 0 Å². The number of allylic oxidation sites excluding steroid dienone is 2. The fraction of sp³-hybridized carbons (Fsp3) is 0.359. The minimum atomic E-state index is -4.98. The van der Waals surface area contributed by atoms with Crippen LogP contribution >= 0.6 is 0 Å². The average molecular weight is 1010 g/mol. The number of nitrogens with zero attached hydrogens (tertiary/aromatic N) is 1. The first-order chi connectivity index (χ1) is 36.2. The zero-order valence-corrected chi connectivity index (χ0v) is 43.2. The molecule has 2 fully saturated rings. The topological polar surface area (TPSA) is 69.3 Å². The Balaban J connectivity index is 0.000000219. The van der Waals surface area contributed by atoms with Gasteiger partial charge in [0, 0.05) is 37.7 Å². The maximum absolute atomic E-state index is 13.5. The fourth-order valence-electron chi connectivity index (χ4n) is 9.53. The molecule has 6 aromatic carbocycles. The van der Waals surface area contributed by atoms with Crippen LogP contribution in [-0.2, 0) is 36.6 Å². The second-order valence-electron chi connectivity index (χ2n) is 18.8. The van der Waals surface area contributed by atoms with Crippen LogP contribution in [0.3, 0.4) is 0 Å². The van der Waals surface area contributed by atoms with E-state index in [4.69, 9.17) is 18.9 Å². The predicted molar refractivity (Wildman–Crippen MR) is 294 cm³/mol. The highest BCUT2D eigenvalue weighted by molar-refractivity contribution is 5.97. The normalized spacial score (nSPS) is 16.5. The van der Waals surface area contributed by atoms with Crippen molar-refractivity contribution in [3.63, 3.8) is 0 Å². The van der Waals surface area contributed by atoms with Crippen LogP contribution in [0.1, 0.15) is 111 Å². The number of anilines is 2. The van der Waals surface area contributed by atoms with Crippen molar-refractivity contribution in [2.45, 2.75) is 110 Å². The molecule has 2 saturated heterocycles. The van der Waals surface area contributed by atoms with Gasteiger partial charge in [-0.15, -0.1) is 0 Å². The van der Waals surface area contributed by atoms with E-state index in [1.807, 2.05) is 48.5 Å². The Morgan fingerprint density at radius 1 is 0.554 bits per heavy atom. The summed E-state index contributed by atoms with van der Waals surface area (Å²) in [6, 6.07) is 57.4. The first kappa shape index (κ1) is 55.5. The summed E-state index contributed by atoms with van der Waals surface area (Å²) in [6.45, 7) is 7.56. The first-order valence-electron chi connectivity index (χ1n) is 26.6. The summed E-state index contributed by atoms with van der Waals surface area (Å²) in [5.74, 6) is -1.88. The molecule has 7 nitrogen and oxygen atoms in total. The minimum Gasteiger partial charge on any atom is -0.385 e. The Morgan fingerprint density at radius 3 is 1.39 bits per heavy atom. The molecule has 6 aromatic rings. The molecule has 0 saturated carbocycles.